The van der Waals surface area contributed by atoms with Crippen molar-refractivity contribution in [2.45, 2.75) is 20.0 Å². The first-order valence-electron chi connectivity index (χ1n) is 6.50. The zero-order chi connectivity index (χ0) is 15.4. The van der Waals surface area contributed by atoms with Gasteiger partial charge in [0.25, 0.3) is 0 Å². The monoisotopic (exact) mass is 289 g/mol. The van der Waals surface area contributed by atoms with Crippen LogP contribution in [0.25, 0.3) is 0 Å². The lowest BCUT2D eigenvalue weighted by molar-refractivity contribution is -0.114. The molecule has 2 aromatic carbocycles. The maximum Gasteiger partial charge on any atom is 0.221 e. The van der Waals surface area contributed by atoms with E-state index in [0.717, 1.165) is 0 Å². The second kappa shape index (κ2) is 6.37. The molecule has 0 aliphatic rings. The SMILES string of the molecule is CC(=O)Nc1ccccc1Oc1c(F)cccc1[C@H](C)O. The largest absolute Gasteiger partial charge is 0.452 e. The van der Waals surface area contributed by atoms with Gasteiger partial charge in [0, 0.05) is 12.5 Å². The van der Waals surface area contributed by atoms with Crippen molar-refractivity contribution in [1.82, 2.24) is 0 Å². The molecule has 110 valence electrons. The molecule has 4 nitrogen and oxygen atoms in total. The first kappa shape index (κ1) is 15.0. The van der Waals surface area contributed by atoms with E-state index in [-0.39, 0.29) is 11.7 Å². The topological polar surface area (TPSA) is 58.6 Å². The predicted octanol–water partition coefficient (Wildman–Crippen LogP) is 3.63. The number of carbonyl (C=O) groups excluding carboxylic acids is 1. The number of aliphatic hydroxyl groups excluding tert-OH is 1. The molecule has 0 saturated carbocycles. The van der Waals surface area contributed by atoms with Crippen LogP contribution < -0.4 is 10.1 Å². The molecule has 2 aromatic rings. The van der Waals surface area contributed by atoms with Crippen LogP contribution >= 0.6 is 0 Å². The molecule has 21 heavy (non-hydrogen) atoms. The summed E-state index contributed by atoms with van der Waals surface area (Å²) in [4.78, 5) is 11.2. The predicted molar refractivity (Wildman–Crippen MR) is 77.9 cm³/mol. The van der Waals surface area contributed by atoms with Crippen molar-refractivity contribution >= 4 is 11.6 Å². The third kappa shape index (κ3) is 3.58. The highest BCUT2D eigenvalue weighted by atomic mass is 19.1. The number of amides is 1. The van der Waals surface area contributed by atoms with Crippen molar-refractivity contribution in [3.63, 3.8) is 0 Å². The Kier molecular flexibility index (Phi) is 4.55. The van der Waals surface area contributed by atoms with Gasteiger partial charge in [0.05, 0.1) is 11.8 Å². The molecular formula is C16H16FNO3. The molecule has 0 aliphatic heterocycles. The first-order valence-corrected chi connectivity index (χ1v) is 6.50. The number of hydrogen-bond acceptors (Lipinski definition) is 3. The molecule has 0 heterocycles. The van der Waals surface area contributed by atoms with Crippen LogP contribution in [-0.2, 0) is 4.79 Å². The van der Waals surface area contributed by atoms with Crippen LogP contribution in [0.3, 0.4) is 0 Å². The maximum absolute atomic E-state index is 14.0. The van der Waals surface area contributed by atoms with Gasteiger partial charge in [-0.25, -0.2) is 4.39 Å². The zero-order valence-electron chi connectivity index (χ0n) is 11.8. The van der Waals surface area contributed by atoms with E-state index >= 15 is 0 Å². The number of benzene rings is 2. The fraction of sp³-hybridized carbons (Fsp3) is 0.188. The molecule has 1 amide bonds. The number of ether oxygens (including phenoxy) is 1. The molecule has 0 aliphatic carbocycles. The standard InChI is InChI=1S/C16H16FNO3/c1-10(19)12-6-5-7-13(17)16(12)21-15-9-4-3-8-14(15)18-11(2)20/h3-10,19H,1-2H3,(H,18,20)/t10-/m0/s1. The summed E-state index contributed by atoms with van der Waals surface area (Å²) in [7, 11) is 0. The third-order valence-electron chi connectivity index (χ3n) is 2.86. The van der Waals surface area contributed by atoms with E-state index in [2.05, 4.69) is 5.32 Å². The van der Waals surface area contributed by atoms with Crippen molar-refractivity contribution in [1.29, 1.82) is 0 Å². The summed E-state index contributed by atoms with van der Waals surface area (Å²) in [6.07, 6.45) is -0.872. The quantitative estimate of drug-likeness (QED) is 0.903. The Hall–Kier alpha value is -2.40. The molecule has 0 unspecified atom stereocenters. The average molecular weight is 289 g/mol. The lowest BCUT2D eigenvalue weighted by atomic mass is 10.1. The summed E-state index contributed by atoms with van der Waals surface area (Å²) in [6, 6.07) is 11.1. The summed E-state index contributed by atoms with van der Waals surface area (Å²) in [6.45, 7) is 2.91. The minimum atomic E-state index is -0.872. The van der Waals surface area contributed by atoms with Gasteiger partial charge >= 0.3 is 0 Å². The number of para-hydroxylation sites is 3. The zero-order valence-corrected chi connectivity index (χ0v) is 11.8. The maximum atomic E-state index is 14.0. The molecule has 0 radical (unpaired) electrons. The molecule has 2 rings (SSSR count). The van der Waals surface area contributed by atoms with E-state index < -0.39 is 11.9 Å². The van der Waals surface area contributed by atoms with Gasteiger partial charge in [-0.2, -0.15) is 0 Å². The fourth-order valence-electron chi connectivity index (χ4n) is 1.92. The Balaban J connectivity index is 2.41. The second-order valence-electron chi connectivity index (χ2n) is 4.61. The number of aliphatic hydroxyl groups is 1. The molecule has 5 heteroatoms. The number of anilines is 1. The lowest BCUT2D eigenvalue weighted by Gasteiger charge is -2.16. The fourth-order valence-corrected chi connectivity index (χ4v) is 1.92. The molecule has 0 spiro atoms. The van der Waals surface area contributed by atoms with Gasteiger partial charge < -0.3 is 15.2 Å². The summed E-state index contributed by atoms with van der Waals surface area (Å²) >= 11 is 0. The number of halogens is 1. The van der Waals surface area contributed by atoms with Crippen LogP contribution in [0.15, 0.2) is 42.5 Å². The number of hydrogen-bond donors (Lipinski definition) is 2. The molecule has 0 bridgehead atoms. The van der Waals surface area contributed by atoms with Gasteiger partial charge in [0.2, 0.25) is 5.91 Å². The number of carbonyl (C=O) groups is 1. The molecule has 0 saturated heterocycles. The van der Waals surface area contributed by atoms with Gasteiger partial charge in [-0.15, -0.1) is 0 Å². The van der Waals surface area contributed by atoms with Crippen LogP contribution in [0.5, 0.6) is 11.5 Å². The van der Waals surface area contributed by atoms with Gasteiger partial charge in [0.1, 0.15) is 0 Å². The van der Waals surface area contributed by atoms with E-state index in [1.807, 2.05) is 0 Å². The van der Waals surface area contributed by atoms with Crippen LogP contribution in [0.2, 0.25) is 0 Å². The molecule has 0 fully saturated rings. The van der Waals surface area contributed by atoms with E-state index in [1.165, 1.54) is 26.0 Å². The smallest absolute Gasteiger partial charge is 0.221 e. The summed E-state index contributed by atoms with van der Waals surface area (Å²) in [5.41, 5.74) is 0.775. The lowest BCUT2D eigenvalue weighted by Crippen LogP contribution is -2.07. The highest BCUT2D eigenvalue weighted by molar-refractivity contribution is 5.90. The van der Waals surface area contributed by atoms with E-state index in [4.69, 9.17) is 4.74 Å². The minimum Gasteiger partial charge on any atom is -0.452 e. The van der Waals surface area contributed by atoms with Crippen molar-refractivity contribution in [3.8, 4) is 11.5 Å². The average Bonchev–Trinajstić information content (AvgIpc) is 2.42. The molecule has 1 atom stereocenters. The summed E-state index contributed by atoms with van der Waals surface area (Å²) in [5.74, 6) is -0.577. The highest BCUT2D eigenvalue weighted by Gasteiger charge is 2.16. The van der Waals surface area contributed by atoms with E-state index in [1.54, 1.807) is 30.3 Å². The van der Waals surface area contributed by atoms with Gasteiger partial charge in [-0.1, -0.05) is 24.3 Å². The Morgan fingerprint density at radius 3 is 2.62 bits per heavy atom. The Morgan fingerprint density at radius 1 is 1.24 bits per heavy atom. The molecule has 0 aromatic heterocycles. The molecular weight excluding hydrogens is 273 g/mol. The van der Waals surface area contributed by atoms with Crippen LogP contribution in [0.1, 0.15) is 25.5 Å². The van der Waals surface area contributed by atoms with Crippen LogP contribution in [0.4, 0.5) is 10.1 Å². The number of rotatable bonds is 4. The van der Waals surface area contributed by atoms with Gasteiger partial charge in [-0.3, -0.25) is 4.79 Å². The highest BCUT2D eigenvalue weighted by Crippen LogP contribution is 2.35. The van der Waals surface area contributed by atoms with Crippen molar-refractivity contribution in [2.75, 3.05) is 5.32 Å². The molecule has 2 N–H and O–H groups in total. The van der Waals surface area contributed by atoms with Crippen LogP contribution in [-0.4, -0.2) is 11.0 Å². The van der Waals surface area contributed by atoms with Crippen LogP contribution in [0, 0.1) is 5.82 Å². The second-order valence-corrected chi connectivity index (χ2v) is 4.61. The minimum absolute atomic E-state index is 0.0506. The number of nitrogens with one attached hydrogen (secondary N) is 1. The third-order valence-corrected chi connectivity index (χ3v) is 2.86. The summed E-state index contributed by atoms with van der Waals surface area (Å²) < 4.78 is 19.6. The summed E-state index contributed by atoms with van der Waals surface area (Å²) in [5, 5.41) is 12.3. The Labute approximate surface area is 122 Å². The van der Waals surface area contributed by atoms with Crippen molar-refractivity contribution in [3.05, 3.63) is 53.8 Å². The van der Waals surface area contributed by atoms with Crippen molar-refractivity contribution in [2.24, 2.45) is 0 Å². The normalized spacial score (nSPS) is 11.8. The first-order chi connectivity index (χ1) is 9.99. The Morgan fingerprint density at radius 2 is 1.95 bits per heavy atom. The Bertz CT molecular complexity index is 656. The van der Waals surface area contributed by atoms with E-state index in [9.17, 15) is 14.3 Å². The van der Waals surface area contributed by atoms with E-state index in [0.29, 0.717) is 17.0 Å². The van der Waals surface area contributed by atoms with Gasteiger partial charge in [0.15, 0.2) is 17.3 Å². The van der Waals surface area contributed by atoms with Crippen molar-refractivity contribution < 1.29 is 19.0 Å². The van der Waals surface area contributed by atoms with Gasteiger partial charge in [-0.05, 0) is 25.1 Å².